The van der Waals surface area contributed by atoms with Crippen molar-refractivity contribution in [3.05, 3.63) is 21.6 Å². The molecule has 1 heterocycles. The topological polar surface area (TPSA) is 99.2 Å². The predicted octanol–water partition coefficient (Wildman–Crippen LogP) is 0.753. The number of aromatic nitrogens is 2. The first kappa shape index (κ1) is 15.8. The van der Waals surface area contributed by atoms with E-state index in [1.54, 1.807) is 0 Å². The van der Waals surface area contributed by atoms with Gasteiger partial charge in [0.2, 0.25) is 0 Å². The third-order valence-corrected chi connectivity index (χ3v) is 4.21. The van der Waals surface area contributed by atoms with Gasteiger partial charge in [-0.15, -0.1) is 0 Å². The molecule has 3 N–H and O–H groups in total. The van der Waals surface area contributed by atoms with Crippen molar-refractivity contribution in [3.63, 3.8) is 0 Å². The second-order valence-electron chi connectivity index (χ2n) is 5.23. The summed E-state index contributed by atoms with van der Waals surface area (Å²) >= 11 is 6.09. The molecule has 7 nitrogen and oxygen atoms in total. The Bertz CT molecular complexity index is 581. The maximum absolute atomic E-state index is 12.1. The van der Waals surface area contributed by atoms with E-state index in [0.29, 0.717) is 12.2 Å². The summed E-state index contributed by atoms with van der Waals surface area (Å²) in [7, 11) is 1.25. The van der Waals surface area contributed by atoms with Crippen molar-refractivity contribution in [2.24, 2.45) is 5.73 Å². The van der Waals surface area contributed by atoms with Crippen LogP contribution in [-0.2, 0) is 16.1 Å². The van der Waals surface area contributed by atoms with Crippen LogP contribution in [0.15, 0.2) is 11.0 Å². The summed E-state index contributed by atoms with van der Waals surface area (Å²) in [5.41, 5.74) is 5.54. The van der Waals surface area contributed by atoms with E-state index in [4.69, 9.17) is 17.3 Å². The number of nitrogens with one attached hydrogen (secondary N) is 1. The first-order valence-electron chi connectivity index (χ1n) is 6.82. The highest BCUT2D eigenvalue weighted by molar-refractivity contribution is 6.33. The lowest BCUT2D eigenvalue weighted by atomic mass is 9.97. The first-order chi connectivity index (χ1) is 10.0. The van der Waals surface area contributed by atoms with Crippen molar-refractivity contribution in [3.8, 4) is 0 Å². The van der Waals surface area contributed by atoms with E-state index in [2.05, 4.69) is 15.2 Å². The number of ether oxygens (including phenoxy) is 1. The summed E-state index contributed by atoms with van der Waals surface area (Å²) in [5, 5.41) is 7.22. The normalized spacial score (nSPS) is 16.7. The molecule has 0 aromatic carbocycles. The lowest BCUT2D eigenvalue weighted by Gasteiger charge is -2.30. The number of nitrogens with two attached hydrogens (primary N) is 1. The first-order valence-corrected chi connectivity index (χ1v) is 7.20. The Morgan fingerprint density at radius 2 is 2.24 bits per heavy atom. The molecule has 8 heteroatoms. The Kier molecular flexibility index (Phi) is 4.84. The van der Waals surface area contributed by atoms with Crippen molar-refractivity contribution in [1.29, 1.82) is 0 Å². The van der Waals surface area contributed by atoms with E-state index in [0.717, 1.165) is 30.4 Å². The van der Waals surface area contributed by atoms with E-state index in [9.17, 15) is 9.59 Å². The second kappa shape index (κ2) is 6.44. The molecule has 0 saturated heterocycles. The van der Waals surface area contributed by atoms with Gasteiger partial charge in [-0.25, -0.2) is 4.68 Å². The monoisotopic (exact) mass is 314 g/mol. The second-order valence-corrected chi connectivity index (χ2v) is 5.61. The van der Waals surface area contributed by atoms with Crippen molar-refractivity contribution < 1.29 is 9.53 Å². The van der Waals surface area contributed by atoms with Crippen LogP contribution in [0.2, 0.25) is 5.02 Å². The molecule has 0 amide bonds. The molecule has 2 rings (SSSR count). The molecule has 0 bridgehead atoms. The van der Waals surface area contributed by atoms with Gasteiger partial charge < -0.3 is 15.8 Å². The van der Waals surface area contributed by atoms with Crippen LogP contribution in [0.3, 0.4) is 0 Å². The highest BCUT2D eigenvalue weighted by atomic mass is 35.5. The lowest BCUT2D eigenvalue weighted by molar-refractivity contribution is -0.141. The summed E-state index contributed by atoms with van der Waals surface area (Å²) in [5.74, 6) is -0.560. The number of carbonyl (C=O) groups is 1. The zero-order valence-electron chi connectivity index (χ0n) is 11.9. The largest absolute Gasteiger partial charge is 0.468 e. The van der Waals surface area contributed by atoms with Gasteiger partial charge in [-0.3, -0.25) is 9.59 Å². The van der Waals surface area contributed by atoms with Crippen LogP contribution < -0.4 is 16.6 Å². The van der Waals surface area contributed by atoms with Crippen LogP contribution in [0.1, 0.15) is 25.7 Å². The molecule has 1 aliphatic carbocycles. The molecule has 1 aromatic rings. The molecule has 1 aromatic heterocycles. The summed E-state index contributed by atoms with van der Waals surface area (Å²) < 4.78 is 5.48. The number of rotatable bonds is 5. The molecular weight excluding hydrogens is 296 g/mol. The van der Waals surface area contributed by atoms with Crippen molar-refractivity contribution in [1.82, 2.24) is 9.78 Å². The molecule has 0 spiro atoms. The SMILES string of the molecule is COC(=O)Cn1ncc(NC2(CN)CCCC2)c(Cl)c1=O. The number of nitrogens with zero attached hydrogens (tertiary/aromatic N) is 2. The van der Waals surface area contributed by atoms with Gasteiger partial charge in [0, 0.05) is 12.1 Å². The Labute approximate surface area is 127 Å². The molecule has 0 unspecified atom stereocenters. The molecule has 0 atom stereocenters. The van der Waals surface area contributed by atoms with Gasteiger partial charge in [0.05, 0.1) is 19.0 Å². The molecule has 21 heavy (non-hydrogen) atoms. The molecular formula is C13H19ClN4O3. The van der Waals surface area contributed by atoms with Gasteiger partial charge in [0.15, 0.2) is 0 Å². The number of hydrogen-bond acceptors (Lipinski definition) is 6. The fourth-order valence-electron chi connectivity index (χ4n) is 2.57. The number of halogens is 1. The molecule has 1 saturated carbocycles. The predicted molar refractivity (Wildman–Crippen MR) is 79.4 cm³/mol. The van der Waals surface area contributed by atoms with Gasteiger partial charge in [-0.1, -0.05) is 24.4 Å². The van der Waals surface area contributed by atoms with Crippen molar-refractivity contribution in [2.45, 2.75) is 37.8 Å². The van der Waals surface area contributed by atoms with E-state index in [1.165, 1.54) is 13.3 Å². The minimum atomic E-state index is -0.560. The van der Waals surface area contributed by atoms with E-state index >= 15 is 0 Å². The number of carbonyl (C=O) groups excluding carboxylic acids is 1. The summed E-state index contributed by atoms with van der Waals surface area (Å²) in [6.07, 6.45) is 5.50. The van der Waals surface area contributed by atoms with E-state index < -0.39 is 11.5 Å². The third kappa shape index (κ3) is 3.36. The van der Waals surface area contributed by atoms with Gasteiger partial charge in [0.25, 0.3) is 5.56 Å². The van der Waals surface area contributed by atoms with Gasteiger partial charge in [0.1, 0.15) is 11.6 Å². The number of esters is 1. The molecule has 0 radical (unpaired) electrons. The number of anilines is 1. The molecule has 1 aliphatic rings. The maximum Gasteiger partial charge on any atom is 0.327 e. The average molecular weight is 315 g/mol. The molecule has 116 valence electrons. The lowest BCUT2D eigenvalue weighted by Crippen LogP contribution is -2.43. The van der Waals surface area contributed by atoms with Crippen LogP contribution in [-0.4, -0.2) is 34.9 Å². The Balaban J connectivity index is 2.24. The fraction of sp³-hybridized carbons (Fsp3) is 0.615. The van der Waals surface area contributed by atoms with Crippen LogP contribution in [0.25, 0.3) is 0 Å². The standard InChI is InChI=1S/C13H19ClN4O3/c1-21-10(19)7-18-12(20)11(14)9(6-16-18)17-13(8-15)4-2-3-5-13/h6,17H,2-5,7-8,15H2,1H3. The quantitative estimate of drug-likeness (QED) is 0.778. The van der Waals surface area contributed by atoms with Crippen LogP contribution in [0, 0.1) is 0 Å². The van der Waals surface area contributed by atoms with Gasteiger partial charge >= 0.3 is 5.97 Å². The van der Waals surface area contributed by atoms with Gasteiger partial charge in [-0.05, 0) is 12.8 Å². The van der Waals surface area contributed by atoms with Crippen molar-refractivity contribution in [2.75, 3.05) is 19.0 Å². The van der Waals surface area contributed by atoms with Crippen LogP contribution in [0.5, 0.6) is 0 Å². The smallest absolute Gasteiger partial charge is 0.327 e. The minimum Gasteiger partial charge on any atom is -0.468 e. The number of methoxy groups -OCH3 is 1. The Morgan fingerprint density at radius 3 is 2.81 bits per heavy atom. The minimum absolute atomic E-state index is 0.00799. The average Bonchev–Trinajstić information content (AvgIpc) is 2.96. The van der Waals surface area contributed by atoms with Crippen LogP contribution in [0.4, 0.5) is 5.69 Å². The third-order valence-electron chi connectivity index (χ3n) is 3.84. The highest BCUT2D eigenvalue weighted by Gasteiger charge is 2.33. The fourth-order valence-corrected chi connectivity index (χ4v) is 2.76. The molecule has 0 aliphatic heterocycles. The highest BCUT2D eigenvalue weighted by Crippen LogP contribution is 2.33. The van der Waals surface area contributed by atoms with Gasteiger partial charge in [-0.2, -0.15) is 5.10 Å². The zero-order chi connectivity index (χ0) is 15.5. The van der Waals surface area contributed by atoms with E-state index in [1.807, 2.05) is 0 Å². The number of hydrogen-bond donors (Lipinski definition) is 2. The van der Waals surface area contributed by atoms with E-state index in [-0.39, 0.29) is 17.1 Å². The maximum atomic E-state index is 12.1. The molecule has 1 fully saturated rings. The van der Waals surface area contributed by atoms with Crippen molar-refractivity contribution >= 4 is 23.3 Å². The summed E-state index contributed by atoms with van der Waals surface area (Å²) in [6.45, 7) is 0.200. The zero-order valence-corrected chi connectivity index (χ0v) is 12.7. The summed E-state index contributed by atoms with van der Waals surface area (Å²) in [6, 6.07) is 0. The Morgan fingerprint density at radius 1 is 1.57 bits per heavy atom. The Hall–Kier alpha value is -1.60. The van der Waals surface area contributed by atoms with Crippen LogP contribution >= 0.6 is 11.6 Å². The summed E-state index contributed by atoms with van der Waals surface area (Å²) in [4.78, 5) is 23.3.